The van der Waals surface area contributed by atoms with E-state index in [9.17, 15) is 23.3 Å². The molecule has 0 radical (unpaired) electrons. The van der Waals surface area contributed by atoms with Gasteiger partial charge in [0.25, 0.3) is 15.9 Å². The summed E-state index contributed by atoms with van der Waals surface area (Å²) in [5.74, 6) is 0. The number of halogens is 1. The Hall–Kier alpha value is -1.99. The van der Waals surface area contributed by atoms with Crippen molar-refractivity contribution in [2.75, 3.05) is 64.7 Å². The number of amides is 2. The van der Waals surface area contributed by atoms with Crippen LogP contribution < -0.4 is 5.32 Å². The fraction of sp³-hybridized carbons (Fsp3) is 0.562. The summed E-state index contributed by atoms with van der Waals surface area (Å²) in [6.45, 7) is 3.14. The number of urea groups is 1. The van der Waals surface area contributed by atoms with E-state index in [-0.39, 0.29) is 42.6 Å². The van der Waals surface area contributed by atoms with E-state index in [1.54, 1.807) is 0 Å². The van der Waals surface area contributed by atoms with Crippen LogP contribution in [0.5, 0.6) is 0 Å². The smallest absolute Gasteiger partial charge is 0.321 e. The van der Waals surface area contributed by atoms with Crippen LogP contribution >= 0.6 is 11.6 Å². The maximum Gasteiger partial charge on any atom is 0.321 e. The number of rotatable bonds is 4. The lowest BCUT2D eigenvalue weighted by atomic mass is 10.3. The highest BCUT2D eigenvalue weighted by atomic mass is 35.5. The molecule has 2 aliphatic heterocycles. The Morgan fingerprint density at radius 1 is 1.07 bits per heavy atom. The van der Waals surface area contributed by atoms with Gasteiger partial charge in [-0.1, -0.05) is 11.6 Å². The number of nitrogens with zero attached hydrogens (tertiary/aromatic N) is 5. The van der Waals surface area contributed by atoms with E-state index in [1.807, 2.05) is 7.05 Å². The number of nitro groups is 1. The van der Waals surface area contributed by atoms with Gasteiger partial charge in [0.15, 0.2) is 0 Å². The van der Waals surface area contributed by atoms with Crippen LogP contribution in [0.15, 0.2) is 18.2 Å². The number of nitrogens with one attached hydrogen (secondary N) is 1. The first-order chi connectivity index (χ1) is 13.7. The number of nitro benzene ring substituents is 1. The number of piperazine rings is 2. The zero-order chi connectivity index (χ0) is 21.2. The Bertz CT molecular complexity index is 882. The van der Waals surface area contributed by atoms with Crippen LogP contribution in [0.3, 0.4) is 0 Å². The zero-order valence-electron chi connectivity index (χ0n) is 16.0. The molecule has 1 N–H and O–H groups in total. The van der Waals surface area contributed by atoms with Crippen molar-refractivity contribution in [2.24, 2.45) is 0 Å². The SMILES string of the molecule is CN1CCN(S(=O)(=O)N2CCN(C(=O)Nc3ccc(Cl)c([N+](=O)[O-])c3)CC2)CC1. The normalized spacial score (nSPS) is 19.9. The van der Waals surface area contributed by atoms with Gasteiger partial charge in [0.05, 0.1) is 4.92 Å². The third kappa shape index (κ3) is 4.95. The summed E-state index contributed by atoms with van der Waals surface area (Å²) >= 11 is 5.77. The molecular formula is C16H23ClN6O5S. The molecule has 160 valence electrons. The average molecular weight is 447 g/mol. The van der Waals surface area contributed by atoms with Gasteiger partial charge in [-0.3, -0.25) is 10.1 Å². The first-order valence-corrected chi connectivity index (χ1v) is 10.9. The molecule has 0 saturated carbocycles. The highest BCUT2D eigenvalue weighted by molar-refractivity contribution is 7.86. The highest BCUT2D eigenvalue weighted by Crippen LogP contribution is 2.27. The summed E-state index contributed by atoms with van der Waals surface area (Å²) in [5.41, 5.74) is -0.0499. The maximum atomic E-state index is 12.8. The average Bonchev–Trinajstić information content (AvgIpc) is 2.69. The highest BCUT2D eigenvalue weighted by Gasteiger charge is 2.34. The monoisotopic (exact) mass is 446 g/mol. The van der Waals surface area contributed by atoms with Crippen LogP contribution in [-0.4, -0.2) is 97.2 Å². The summed E-state index contributed by atoms with van der Waals surface area (Å²) in [4.78, 5) is 26.4. The molecule has 0 unspecified atom stereocenters. The van der Waals surface area contributed by atoms with E-state index in [4.69, 9.17) is 11.6 Å². The first-order valence-electron chi connectivity index (χ1n) is 9.12. The second-order valence-corrected chi connectivity index (χ2v) is 9.29. The van der Waals surface area contributed by atoms with Gasteiger partial charge >= 0.3 is 6.03 Å². The summed E-state index contributed by atoms with van der Waals surface area (Å²) in [7, 11) is -1.59. The second-order valence-electron chi connectivity index (χ2n) is 6.95. The molecule has 11 nitrogen and oxygen atoms in total. The minimum atomic E-state index is -3.54. The summed E-state index contributed by atoms with van der Waals surface area (Å²) in [6.07, 6.45) is 0. The molecule has 2 fully saturated rings. The molecule has 0 aromatic heterocycles. The van der Waals surface area contributed by atoms with Gasteiger partial charge < -0.3 is 15.1 Å². The Kier molecular flexibility index (Phi) is 6.58. The summed E-state index contributed by atoms with van der Waals surface area (Å²) in [6, 6.07) is 3.56. The van der Waals surface area contributed by atoms with E-state index in [0.29, 0.717) is 26.2 Å². The van der Waals surface area contributed by atoms with Gasteiger partial charge in [-0.2, -0.15) is 17.0 Å². The van der Waals surface area contributed by atoms with Gasteiger partial charge in [-0.25, -0.2) is 4.79 Å². The molecule has 0 bridgehead atoms. The van der Waals surface area contributed by atoms with Crippen LogP contribution in [0, 0.1) is 10.1 Å². The topological polar surface area (TPSA) is 119 Å². The molecule has 13 heteroatoms. The van der Waals surface area contributed by atoms with Gasteiger partial charge in [-0.05, 0) is 19.2 Å². The van der Waals surface area contributed by atoms with E-state index >= 15 is 0 Å². The second kappa shape index (κ2) is 8.79. The number of hydrogen-bond donors (Lipinski definition) is 1. The van der Waals surface area contributed by atoms with E-state index < -0.39 is 21.2 Å². The lowest BCUT2D eigenvalue weighted by Crippen LogP contribution is -2.57. The Labute approximate surface area is 174 Å². The molecule has 2 aliphatic rings. The van der Waals surface area contributed by atoms with Crippen molar-refractivity contribution < 1.29 is 18.1 Å². The minimum absolute atomic E-state index is 0.0178. The van der Waals surface area contributed by atoms with E-state index in [1.165, 1.54) is 31.7 Å². The number of carbonyl (C=O) groups excluding carboxylic acids is 1. The van der Waals surface area contributed by atoms with Crippen LogP contribution in [0.4, 0.5) is 16.2 Å². The first kappa shape index (κ1) is 21.7. The third-order valence-electron chi connectivity index (χ3n) is 5.03. The molecule has 3 rings (SSSR count). The Morgan fingerprint density at radius 2 is 1.62 bits per heavy atom. The molecule has 1 aromatic rings. The Balaban J connectivity index is 1.57. The molecular weight excluding hydrogens is 424 g/mol. The standard InChI is InChI=1S/C16H23ClN6O5S/c1-19-4-8-21(9-5-19)29(27,28)22-10-6-20(7-11-22)16(24)18-13-2-3-14(17)15(12-13)23(25)26/h2-3,12H,4-11H2,1H3,(H,18,24). The number of anilines is 1. The van der Waals surface area contributed by atoms with Crippen LogP contribution in [0.25, 0.3) is 0 Å². The quantitative estimate of drug-likeness (QED) is 0.541. The maximum absolute atomic E-state index is 12.8. The van der Waals surface area contributed by atoms with Crippen LogP contribution in [-0.2, 0) is 10.2 Å². The van der Waals surface area contributed by atoms with Gasteiger partial charge in [-0.15, -0.1) is 0 Å². The molecule has 1 aromatic carbocycles. The number of hydrogen-bond acceptors (Lipinski definition) is 6. The minimum Gasteiger partial charge on any atom is -0.322 e. The lowest BCUT2D eigenvalue weighted by Gasteiger charge is -2.39. The van der Waals surface area contributed by atoms with Gasteiger partial charge in [0.1, 0.15) is 5.02 Å². The number of carbonyl (C=O) groups is 1. The molecule has 0 atom stereocenters. The fourth-order valence-corrected chi connectivity index (χ4v) is 5.00. The van der Waals surface area contributed by atoms with Crippen molar-refractivity contribution >= 4 is 39.2 Å². The molecule has 2 saturated heterocycles. The largest absolute Gasteiger partial charge is 0.322 e. The number of likely N-dealkylation sites (N-methyl/N-ethyl adjacent to an activating group) is 1. The van der Waals surface area contributed by atoms with Crippen LogP contribution in [0.2, 0.25) is 5.02 Å². The van der Waals surface area contributed by atoms with E-state index in [0.717, 1.165) is 0 Å². The Morgan fingerprint density at radius 3 is 2.17 bits per heavy atom. The fourth-order valence-electron chi connectivity index (χ4n) is 3.24. The molecule has 0 aliphatic carbocycles. The predicted molar refractivity (Wildman–Crippen MR) is 108 cm³/mol. The predicted octanol–water partition coefficient (Wildman–Crippen LogP) is 0.890. The van der Waals surface area contributed by atoms with E-state index in [2.05, 4.69) is 10.2 Å². The molecule has 29 heavy (non-hydrogen) atoms. The summed E-state index contributed by atoms with van der Waals surface area (Å²) < 4.78 is 28.5. The number of benzene rings is 1. The molecule has 0 spiro atoms. The van der Waals surface area contributed by atoms with Crippen molar-refractivity contribution in [3.05, 3.63) is 33.3 Å². The van der Waals surface area contributed by atoms with Crippen molar-refractivity contribution in [1.82, 2.24) is 18.4 Å². The third-order valence-corrected chi connectivity index (χ3v) is 7.39. The van der Waals surface area contributed by atoms with Crippen molar-refractivity contribution in [2.45, 2.75) is 0 Å². The van der Waals surface area contributed by atoms with Gasteiger partial charge in [0, 0.05) is 64.1 Å². The van der Waals surface area contributed by atoms with Gasteiger partial charge in [0.2, 0.25) is 0 Å². The van der Waals surface area contributed by atoms with Crippen molar-refractivity contribution in [3.63, 3.8) is 0 Å². The molecule has 2 amide bonds. The zero-order valence-corrected chi connectivity index (χ0v) is 17.5. The van der Waals surface area contributed by atoms with Crippen molar-refractivity contribution in [1.29, 1.82) is 0 Å². The summed E-state index contributed by atoms with van der Waals surface area (Å²) in [5, 5.41) is 13.5. The molecule has 2 heterocycles. The van der Waals surface area contributed by atoms with Crippen LogP contribution in [0.1, 0.15) is 0 Å². The lowest BCUT2D eigenvalue weighted by molar-refractivity contribution is -0.384. The van der Waals surface area contributed by atoms with Crippen molar-refractivity contribution in [3.8, 4) is 0 Å².